The second kappa shape index (κ2) is 4.55. The number of alkyl halides is 3. The summed E-state index contributed by atoms with van der Waals surface area (Å²) in [6.07, 6.45) is -4.81. The summed E-state index contributed by atoms with van der Waals surface area (Å²) >= 11 is 0. The number of aliphatic hydroxyl groups is 1. The minimum absolute atomic E-state index is 0.173. The van der Waals surface area contributed by atoms with Gasteiger partial charge in [0, 0.05) is 6.04 Å². The number of aryl methyl sites for hydroxylation is 3. The zero-order valence-corrected chi connectivity index (χ0v) is 10.9. The van der Waals surface area contributed by atoms with Crippen molar-refractivity contribution in [2.45, 2.75) is 45.5 Å². The van der Waals surface area contributed by atoms with E-state index in [0.29, 0.717) is 11.1 Å². The Hall–Kier alpha value is -1.07. The van der Waals surface area contributed by atoms with Gasteiger partial charge < -0.3 is 10.8 Å². The number of halogens is 3. The van der Waals surface area contributed by atoms with Crippen molar-refractivity contribution in [3.05, 3.63) is 34.4 Å². The van der Waals surface area contributed by atoms with Gasteiger partial charge in [0.2, 0.25) is 5.60 Å². The Morgan fingerprint density at radius 3 is 1.89 bits per heavy atom. The lowest BCUT2D eigenvalue weighted by molar-refractivity contribution is -0.273. The summed E-state index contributed by atoms with van der Waals surface area (Å²) < 4.78 is 39.4. The second-order valence-electron chi connectivity index (χ2n) is 4.80. The minimum Gasteiger partial charge on any atom is -0.375 e. The topological polar surface area (TPSA) is 46.2 Å². The molecule has 0 radical (unpaired) electrons. The summed E-state index contributed by atoms with van der Waals surface area (Å²) in [6, 6.07) is 1.55. The van der Waals surface area contributed by atoms with Gasteiger partial charge >= 0.3 is 6.18 Å². The Morgan fingerprint density at radius 2 is 1.50 bits per heavy atom. The molecule has 3 N–H and O–H groups in total. The van der Waals surface area contributed by atoms with E-state index in [-0.39, 0.29) is 5.56 Å². The van der Waals surface area contributed by atoms with E-state index < -0.39 is 17.8 Å². The van der Waals surface area contributed by atoms with E-state index in [9.17, 15) is 18.3 Å². The van der Waals surface area contributed by atoms with Crippen molar-refractivity contribution < 1.29 is 18.3 Å². The van der Waals surface area contributed by atoms with E-state index >= 15 is 0 Å². The molecule has 2 unspecified atom stereocenters. The quantitative estimate of drug-likeness (QED) is 0.859. The normalized spacial score (nSPS) is 17.4. The lowest BCUT2D eigenvalue weighted by atomic mass is 9.82. The number of hydrogen-bond donors (Lipinski definition) is 2. The summed E-state index contributed by atoms with van der Waals surface area (Å²) in [4.78, 5) is 0. The molecule has 0 aliphatic heterocycles. The molecule has 2 nitrogen and oxygen atoms in total. The number of hydrogen-bond acceptors (Lipinski definition) is 2. The van der Waals surface area contributed by atoms with Gasteiger partial charge in [-0.3, -0.25) is 0 Å². The van der Waals surface area contributed by atoms with Crippen molar-refractivity contribution in [3.63, 3.8) is 0 Å². The minimum atomic E-state index is -4.81. The maximum Gasteiger partial charge on any atom is 0.422 e. The number of benzene rings is 1. The fraction of sp³-hybridized carbons (Fsp3) is 0.538. The summed E-state index contributed by atoms with van der Waals surface area (Å²) in [6.45, 7) is 6.21. The van der Waals surface area contributed by atoms with Crippen molar-refractivity contribution in [1.29, 1.82) is 0 Å². The Labute approximate surface area is 105 Å². The largest absolute Gasteiger partial charge is 0.422 e. The van der Waals surface area contributed by atoms with Crippen molar-refractivity contribution in [2.24, 2.45) is 5.73 Å². The Bertz CT molecular complexity index is 454. The Kier molecular flexibility index (Phi) is 3.79. The third-order valence-electron chi connectivity index (χ3n) is 3.34. The van der Waals surface area contributed by atoms with Crippen LogP contribution in [0.15, 0.2) is 12.1 Å². The fourth-order valence-electron chi connectivity index (χ4n) is 2.03. The lowest BCUT2D eigenvalue weighted by Crippen LogP contribution is -2.54. The molecule has 2 atom stereocenters. The lowest BCUT2D eigenvalue weighted by Gasteiger charge is -2.35. The maximum atomic E-state index is 13.1. The molecule has 0 spiro atoms. The van der Waals surface area contributed by atoms with Crippen LogP contribution in [-0.2, 0) is 5.60 Å². The van der Waals surface area contributed by atoms with Crippen molar-refractivity contribution >= 4 is 0 Å². The maximum absolute atomic E-state index is 13.1. The van der Waals surface area contributed by atoms with Crippen LogP contribution in [0.3, 0.4) is 0 Å². The highest BCUT2D eigenvalue weighted by Gasteiger charge is 2.58. The number of nitrogens with two attached hydrogens (primary N) is 1. The molecule has 0 aromatic heterocycles. The first kappa shape index (κ1) is 15.0. The van der Waals surface area contributed by atoms with Crippen LogP contribution in [-0.4, -0.2) is 17.3 Å². The smallest absolute Gasteiger partial charge is 0.375 e. The van der Waals surface area contributed by atoms with Crippen LogP contribution in [0.4, 0.5) is 13.2 Å². The summed E-state index contributed by atoms with van der Waals surface area (Å²) in [5.41, 5.74) is 4.14. The molecule has 1 aromatic carbocycles. The van der Waals surface area contributed by atoms with Crippen LogP contribution in [0.1, 0.15) is 29.2 Å². The van der Waals surface area contributed by atoms with E-state index in [1.165, 1.54) is 6.07 Å². The molecule has 0 heterocycles. The molecule has 0 fully saturated rings. The molecule has 0 saturated carbocycles. The van der Waals surface area contributed by atoms with E-state index in [1.807, 2.05) is 6.92 Å². The van der Waals surface area contributed by atoms with E-state index in [2.05, 4.69) is 0 Å². The molecule has 18 heavy (non-hydrogen) atoms. The molecular weight excluding hydrogens is 243 g/mol. The molecule has 1 rings (SSSR count). The van der Waals surface area contributed by atoms with Crippen LogP contribution in [0.25, 0.3) is 0 Å². The monoisotopic (exact) mass is 261 g/mol. The fourth-order valence-corrected chi connectivity index (χ4v) is 2.03. The average Bonchev–Trinajstić information content (AvgIpc) is 2.20. The van der Waals surface area contributed by atoms with Crippen molar-refractivity contribution in [2.75, 3.05) is 0 Å². The van der Waals surface area contributed by atoms with Crippen LogP contribution in [0.2, 0.25) is 0 Å². The third-order valence-corrected chi connectivity index (χ3v) is 3.34. The first-order valence-electron chi connectivity index (χ1n) is 5.64. The van der Waals surface area contributed by atoms with E-state index in [1.54, 1.807) is 19.9 Å². The zero-order valence-electron chi connectivity index (χ0n) is 10.9. The van der Waals surface area contributed by atoms with Gasteiger partial charge in [-0.15, -0.1) is 0 Å². The van der Waals surface area contributed by atoms with Gasteiger partial charge in [0.15, 0.2) is 0 Å². The molecule has 0 saturated heterocycles. The molecular formula is C13H18F3NO. The van der Waals surface area contributed by atoms with Gasteiger partial charge in [-0.2, -0.15) is 13.2 Å². The highest BCUT2D eigenvalue weighted by molar-refractivity contribution is 5.41. The summed E-state index contributed by atoms with van der Waals surface area (Å²) in [5, 5.41) is 10.0. The van der Waals surface area contributed by atoms with Crippen LogP contribution in [0, 0.1) is 20.8 Å². The van der Waals surface area contributed by atoms with Gasteiger partial charge in [0.1, 0.15) is 0 Å². The van der Waals surface area contributed by atoms with Gasteiger partial charge in [-0.1, -0.05) is 12.1 Å². The standard InChI is InChI=1S/C13H18F3NO/c1-7-5-9(3)11(6-8(7)2)12(18,10(4)17)13(14,15)16/h5-6,10,18H,17H2,1-4H3. The predicted molar refractivity (Wildman–Crippen MR) is 64.3 cm³/mol. The third kappa shape index (κ3) is 2.24. The van der Waals surface area contributed by atoms with Gasteiger partial charge in [0.25, 0.3) is 0 Å². The number of rotatable bonds is 2. The summed E-state index contributed by atoms with van der Waals surface area (Å²) in [5.74, 6) is 0. The van der Waals surface area contributed by atoms with Crippen molar-refractivity contribution in [1.82, 2.24) is 0 Å². The van der Waals surface area contributed by atoms with E-state index in [0.717, 1.165) is 12.5 Å². The molecule has 0 aliphatic carbocycles. The van der Waals surface area contributed by atoms with Gasteiger partial charge in [-0.05, 0) is 49.9 Å². The summed E-state index contributed by atoms with van der Waals surface area (Å²) in [7, 11) is 0. The molecule has 0 amide bonds. The van der Waals surface area contributed by atoms with Gasteiger partial charge in [0.05, 0.1) is 0 Å². The van der Waals surface area contributed by atoms with Crippen LogP contribution in [0.5, 0.6) is 0 Å². The van der Waals surface area contributed by atoms with Crippen LogP contribution < -0.4 is 5.73 Å². The second-order valence-corrected chi connectivity index (χ2v) is 4.80. The van der Waals surface area contributed by atoms with Crippen LogP contribution >= 0.6 is 0 Å². The first-order chi connectivity index (χ1) is 8.01. The molecule has 5 heteroatoms. The Balaban J connectivity index is 3.55. The molecule has 0 aliphatic rings. The van der Waals surface area contributed by atoms with E-state index in [4.69, 9.17) is 5.73 Å². The molecule has 1 aromatic rings. The average molecular weight is 261 g/mol. The molecule has 0 bridgehead atoms. The predicted octanol–water partition coefficient (Wildman–Crippen LogP) is 2.71. The highest BCUT2D eigenvalue weighted by Crippen LogP contribution is 2.42. The SMILES string of the molecule is Cc1cc(C)c(C(O)(C(C)N)C(F)(F)F)cc1C. The zero-order chi connectivity index (χ0) is 14.3. The first-order valence-corrected chi connectivity index (χ1v) is 5.64. The Morgan fingerprint density at radius 1 is 1.06 bits per heavy atom. The van der Waals surface area contributed by atoms with Crippen molar-refractivity contribution in [3.8, 4) is 0 Å². The highest BCUT2D eigenvalue weighted by atomic mass is 19.4. The molecule has 102 valence electrons. The van der Waals surface area contributed by atoms with Gasteiger partial charge in [-0.25, -0.2) is 0 Å².